The minimum atomic E-state index is -0.170. The highest BCUT2D eigenvalue weighted by Gasteiger charge is 2.01. The van der Waals surface area contributed by atoms with E-state index in [1.807, 2.05) is 6.20 Å². The summed E-state index contributed by atoms with van der Waals surface area (Å²) < 4.78 is 12.8. The van der Waals surface area contributed by atoms with E-state index in [1.165, 1.54) is 11.6 Å². The molecule has 2 rings (SSSR count). The third kappa shape index (κ3) is 0.998. The third-order valence-corrected chi connectivity index (χ3v) is 2.11. The first-order valence-corrected chi connectivity index (χ1v) is 4.07. The van der Waals surface area contributed by atoms with Crippen LogP contribution in [0, 0.1) is 5.82 Å². The second kappa shape index (κ2) is 2.63. The van der Waals surface area contributed by atoms with Crippen LogP contribution in [0.2, 0.25) is 0 Å². The Morgan fingerprint density at radius 1 is 1.42 bits per heavy atom. The van der Waals surface area contributed by atoms with Gasteiger partial charge in [-0.15, -0.1) is 0 Å². The van der Waals surface area contributed by atoms with E-state index in [1.54, 1.807) is 12.1 Å². The van der Waals surface area contributed by atoms with Crippen LogP contribution in [-0.2, 0) is 6.42 Å². The molecule has 0 spiro atoms. The van der Waals surface area contributed by atoms with Gasteiger partial charge < -0.3 is 4.98 Å². The molecule has 0 unspecified atom stereocenters. The zero-order valence-electron chi connectivity index (χ0n) is 6.89. The van der Waals surface area contributed by atoms with E-state index in [0.29, 0.717) is 0 Å². The minimum Gasteiger partial charge on any atom is -0.361 e. The smallest absolute Gasteiger partial charge is 0.123 e. The van der Waals surface area contributed by atoms with Crippen LogP contribution in [0.3, 0.4) is 0 Å². The van der Waals surface area contributed by atoms with Gasteiger partial charge in [0.15, 0.2) is 0 Å². The Hall–Kier alpha value is -1.31. The summed E-state index contributed by atoms with van der Waals surface area (Å²) in [4.78, 5) is 3.10. The first-order valence-electron chi connectivity index (χ1n) is 4.07. The summed E-state index contributed by atoms with van der Waals surface area (Å²) in [6.07, 6.45) is 2.87. The Morgan fingerprint density at radius 3 is 3.00 bits per heavy atom. The molecule has 2 aromatic rings. The molecule has 1 nitrogen and oxygen atoms in total. The van der Waals surface area contributed by atoms with Crippen LogP contribution in [0.5, 0.6) is 0 Å². The number of rotatable bonds is 1. The van der Waals surface area contributed by atoms with Crippen LogP contribution >= 0.6 is 0 Å². The molecule has 0 aliphatic rings. The molecule has 12 heavy (non-hydrogen) atoms. The maximum Gasteiger partial charge on any atom is 0.123 e. The molecule has 0 bridgehead atoms. The number of aromatic amines is 1. The Bertz CT molecular complexity index is 403. The zero-order chi connectivity index (χ0) is 8.55. The van der Waals surface area contributed by atoms with E-state index in [4.69, 9.17) is 0 Å². The van der Waals surface area contributed by atoms with Crippen LogP contribution < -0.4 is 0 Å². The van der Waals surface area contributed by atoms with E-state index in [9.17, 15) is 4.39 Å². The van der Waals surface area contributed by atoms with Crippen molar-refractivity contribution in [3.05, 3.63) is 35.8 Å². The Kier molecular flexibility index (Phi) is 1.61. The van der Waals surface area contributed by atoms with Crippen molar-refractivity contribution in [3.63, 3.8) is 0 Å². The highest BCUT2D eigenvalue weighted by Crippen LogP contribution is 2.19. The fourth-order valence-corrected chi connectivity index (χ4v) is 1.44. The molecule has 0 atom stereocenters. The average Bonchev–Trinajstić information content (AvgIpc) is 2.46. The molecule has 1 aromatic carbocycles. The monoisotopic (exact) mass is 163 g/mol. The van der Waals surface area contributed by atoms with Crippen LogP contribution in [-0.4, -0.2) is 4.98 Å². The number of hydrogen-bond acceptors (Lipinski definition) is 0. The SMILES string of the molecule is CCc1c[nH]c2ccc(F)cc12. The summed E-state index contributed by atoms with van der Waals surface area (Å²) in [5.74, 6) is -0.170. The van der Waals surface area contributed by atoms with Gasteiger partial charge in [0.25, 0.3) is 0 Å². The van der Waals surface area contributed by atoms with Crippen LogP contribution in [0.1, 0.15) is 12.5 Å². The third-order valence-electron chi connectivity index (χ3n) is 2.11. The predicted octanol–water partition coefficient (Wildman–Crippen LogP) is 2.87. The summed E-state index contributed by atoms with van der Waals surface area (Å²) in [6.45, 7) is 2.06. The molecule has 0 fully saturated rings. The summed E-state index contributed by atoms with van der Waals surface area (Å²) in [5.41, 5.74) is 2.18. The van der Waals surface area contributed by atoms with E-state index in [0.717, 1.165) is 17.3 Å². The van der Waals surface area contributed by atoms with Crippen molar-refractivity contribution in [2.24, 2.45) is 0 Å². The molecule has 2 heteroatoms. The van der Waals surface area contributed by atoms with Gasteiger partial charge in [-0.2, -0.15) is 0 Å². The fraction of sp³-hybridized carbons (Fsp3) is 0.200. The number of aromatic nitrogens is 1. The highest BCUT2D eigenvalue weighted by atomic mass is 19.1. The lowest BCUT2D eigenvalue weighted by molar-refractivity contribution is 0.629. The number of H-pyrrole nitrogens is 1. The van der Waals surface area contributed by atoms with E-state index >= 15 is 0 Å². The second-order valence-electron chi connectivity index (χ2n) is 2.86. The quantitative estimate of drug-likeness (QED) is 0.665. The maximum absolute atomic E-state index is 12.8. The van der Waals surface area contributed by atoms with Crippen LogP contribution in [0.4, 0.5) is 4.39 Å². The first-order chi connectivity index (χ1) is 5.81. The average molecular weight is 163 g/mol. The highest BCUT2D eigenvalue weighted by molar-refractivity contribution is 5.83. The van der Waals surface area contributed by atoms with E-state index in [-0.39, 0.29) is 5.82 Å². The van der Waals surface area contributed by atoms with Crippen molar-refractivity contribution in [2.75, 3.05) is 0 Å². The molecule has 0 amide bonds. The van der Waals surface area contributed by atoms with Crippen molar-refractivity contribution < 1.29 is 4.39 Å². The number of halogens is 1. The molecule has 1 aromatic heterocycles. The van der Waals surface area contributed by atoms with Gasteiger partial charge in [0.05, 0.1) is 0 Å². The summed E-state index contributed by atoms with van der Waals surface area (Å²) in [6, 6.07) is 4.81. The number of fused-ring (bicyclic) bond motifs is 1. The van der Waals surface area contributed by atoms with Crippen molar-refractivity contribution in [3.8, 4) is 0 Å². The van der Waals surface area contributed by atoms with Gasteiger partial charge in [-0.1, -0.05) is 6.92 Å². The van der Waals surface area contributed by atoms with Crippen molar-refractivity contribution in [1.82, 2.24) is 4.98 Å². The maximum atomic E-state index is 12.8. The Balaban J connectivity index is 2.75. The second-order valence-corrected chi connectivity index (χ2v) is 2.86. The minimum absolute atomic E-state index is 0.170. The molecule has 0 saturated carbocycles. The molecule has 1 heterocycles. The van der Waals surface area contributed by atoms with Crippen LogP contribution in [0.25, 0.3) is 10.9 Å². The number of benzene rings is 1. The summed E-state index contributed by atoms with van der Waals surface area (Å²) in [7, 11) is 0. The van der Waals surface area contributed by atoms with E-state index < -0.39 is 0 Å². The van der Waals surface area contributed by atoms with E-state index in [2.05, 4.69) is 11.9 Å². The predicted molar refractivity (Wildman–Crippen MR) is 47.6 cm³/mol. The number of hydrogen-bond donors (Lipinski definition) is 1. The fourth-order valence-electron chi connectivity index (χ4n) is 1.44. The number of aryl methyl sites for hydroxylation is 1. The summed E-state index contributed by atoms with van der Waals surface area (Å²) in [5, 5.41) is 0.998. The van der Waals surface area contributed by atoms with Gasteiger partial charge in [0.1, 0.15) is 5.82 Å². The van der Waals surface area contributed by atoms with Crippen molar-refractivity contribution >= 4 is 10.9 Å². The molecule has 0 aliphatic carbocycles. The molecular weight excluding hydrogens is 153 g/mol. The summed E-state index contributed by atoms with van der Waals surface area (Å²) >= 11 is 0. The topological polar surface area (TPSA) is 15.8 Å². The van der Waals surface area contributed by atoms with Crippen molar-refractivity contribution in [2.45, 2.75) is 13.3 Å². The lowest BCUT2D eigenvalue weighted by Gasteiger charge is -1.92. The van der Waals surface area contributed by atoms with Gasteiger partial charge in [-0.3, -0.25) is 0 Å². The molecule has 62 valence electrons. The molecule has 0 radical (unpaired) electrons. The van der Waals surface area contributed by atoms with Gasteiger partial charge >= 0.3 is 0 Å². The van der Waals surface area contributed by atoms with Gasteiger partial charge in [0, 0.05) is 17.1 Å². The lowest BCUT2D eigenvalue weighted by atomic mass is 10.1. The Labute approximate surface area is 70.2 Å². The zero-order valence-corrected chi connectivity index (χ0v) is 6.89. The Morgan fingerprint density at radius 2 is 2.25 bits per heavy atom. The number of nitrogens with one attached hydrogen (secondary N) is 1. The molecule has 0 saturated heterocycles. The normalized spacial score (nSPS) is 10.8. The molecule has 0 aliphatic heterocycles. The first kappa shape index (κ1) is 7.35. The van der Waals surface area contributed by atoms with Gasteiger partial charge in [-0.05, 0) is 30.2 Å². The van der Waals surface area contributed by atoms with Crippen molar-refractivity contribution in [1.29, 1.82) is 0 Å². The molecule has 1 N–H and O–H groups in total. The van der Waals surface area contributed by atoms with Gasteiger partial charge in [-0.25, -0.2) is 4.39 Å². The van der Waals surface area contributed by atoms with Gasteiger partial charge in [0.2, 0.25) is 0 Å². The molecular formula is C10H10FN. The largest absolute Gasteiger partial charge is 0.361 e. The lowest BCUT2D eigenvalue weighted by Crippen LogP contribution is -1.77. The standard InChI is InChI=1S/C10H10FN/c1-2-7-6-12-10-4-3-8(11)5-9(7)10/h3-6,12H,2H2,1H3. The van der Waals surface area contributed by atoms with Crippen LogP contribution in [0.15, 0.2) is 24.4 Å².